The van der Waals surface area contributed by atoms with Crippen LogP contribution in [0.3, 0.4) is 0 Å². The summed E-state index contributed by atoms with van der Waals surface area (Å²) < 4.78 is 50.4. The van der Waals surface area contributed by atoms with Gasteiger partial charge in [-0.2, -0.15) is 13.2 Å². The number of aliphatic carboxylic acids is 1. The number of hydrogen-bond donors (Lipinski definition) is 2. The van der Waals surface area contributed by atoms with Gasteiger partial charge in [-0.25, -0.2) is 4.39 Å². The fourth-order valence-electron chi connectivity index (χ4n) is 1.66. The predicted molar refractivity (Wildman–Crippen MR) is 66.0 cm³/mol. The normalized spacial score (nSPS) is 11.4. The summed E-state index contributed by atoms with van der Waals surface area (Å²) in [5, 5.41) is 11.2. The van der Waals surface area contributed by atoms with Crippen molar-refractivity contribution >= 4 is 11.7 Å². The standard InChI is InChI=1S/C13H15F4NO2/c14-11-6-5-9(8-10(11)13(15,16)17)18-7-3-1-2-4-12(19)20/h5-6,8,18H,1-4,7H2,(H,19,20). The van der Waals surface area contributed by atoms with Crippen LogP contribution in [0, 0.1) is 5.82 Å². The Morgan fingerprint density at radius 1 is 1.20 bits per heavy atom. The molecule has 1 aromatic rings. The lowest BCUT2D eigenvalue weighted by Crippen LogP contribution is -2.10. The Hall–Kier alpha value is -1.79. The predicted octanol–water partition coefficient (Wildman–Crippen LogP) is 3.90. The van der Waals surface area contributed by atoms with Crippen LogP contribution in [0.4, 0.5) is 23.2 Å². The molecule has 0 aromatic heterocycles. The van der Waals surface area contributed by atoms with Crippen molar-refractivity contribution in [3.8, 4) is 0 Å². The molecule has 0 spiro atoms. The van der Waals surface area contributed by atoms with Crippen molar-refractivity contribution in [3.63, 3.8) is 0 Å². The summed E-state index contributed by atoms with van der Waals surface area (Å²) in [7, 11) is 0. The Morgan fingerprint density at radius 2 is 1.90 bits per heavy atom. The minimum Gasteiger partial charge on any atom is -0.481 e. The molecule has 112 valence electrons. The third-order valence-electron chi connectivity index (χ3n) is 2.67. The molecule has 0 radical (unpaired) electrons. The van der Waals surface area contributed by atoms with E-state index in [0.717, 1.165) is 12.1 Å². The topological polar surface area (TPSA) is 49.3 Å². The van der Waals surface area contributed by atoms with E-state index in [1.807, 2.05) is 0 Å². The van der Waals surface area contributed by atoms with Gasteiger partial charge in [0.25, 0.3) is 0 Å². The molecule has 0 heterocycles. The summed E-state index contributed by atoms with van der Waals surface area (Å²) >= 11 is 0. The Morgan fingerprint density at radius 3 is 2.50 bits per heavy atom. The Kier molecular flexibility index (Phi) is 5.79. The Bertz CT molecular complexity index is 460. The summed E-state index contributed by atoms with van der Waals surface area (Å²) in [6, 6.07) is 2.74. The highest BCUT2D eigenvalue weighted by molar-refractivity contribution is 5.66. The van der Waals surface area contributed by atoms with Crippen LogP contribution in [-0.2, 0) is 11.0 Å². The van der Waals surface area contributed by atoms with Gasteiger partial charge in [-0.05, 0) is 31.0 Å². The van der Waals surface area contributed by atoms with Crippen LogP contribution in [0.1, 0.15) is 31.2 Å². The zero-order valence-electron chi connectivity index (χ0n) is 10.6. The molecule has 0 saturated carbocycles. The van der Waals surface area contributed by atoms with Crippen LogP contribution in [0.25, 0.3) is 0 Å². The van der Waals surface area contributed by atoms with Crippen molar-refractivity contribution in [1.82, 2.24) is 0 Å². The summed E-state index contributed by atoms with van der Waals surface area (Å²) in [6.45, 7) is 0.405. The van der Waals surface area contributed by atoms with E-state index in [4.69, 9.17) is 5.11 Å². The molecule has 0 aliphatic rings. The van der Waals surface area contributed by atoms with Gasteiger partial charge in [0.2, 0.25) is 0 Å². The second-order valence-corrected chi connectivity index (χ2v) is 4.32. The highest BCUT2D eigenvalue weighted by Crippen LogP contribution is 2.32. The number of benzene rings is 1. The lowest BCUT2D eigenvalue weighted by molar-refractivity contribution is -0.140. The minimum atomic E-state index is -4.72. The number of unbranched alkanes of at least 4 members (excludes halogenated alkanes) is 2. The fourth-order valence-corrected chi connectivity index (χ4v) is 1.66. The molecule has 1 aromatic carbocycles. The van der Waals surface area contributed by atoms with E-state index >= 15 is 0 Å². The van der Waals surface area contributed by atoms with Crippen LogP contribution in [0.2, 0.25) is 0 Å². The van der Waals surface area contributed by atoms with Crippen LogP contribution >= 0.6 is 0 Å². The number of nitrogens with one attached hydrogen (secondary N) is 1. The molecule has 0 fully saturated rings. The monoisotopic (exact) mass is 293 g/mol. The van der Waals surface area contributed by atoms with Crippen LogP contribution in [-0.4, -0.2) is 17.6 Å². The average Bonchev–Trinajstić information content (AvgIpc) is 2.33. The molecule has 0 atom stereocenters. The minimum absolute atomic E-state index is 0.0781. The van der Waals surface area contributed by atoms with Crippen molar-refractivity contribution in [1.29, 1.82) is 0 Å². The summed E-state index contributed by atoms with van der Waals surface area (Å²) in [4.78, 5) is 10.3. The van der Waals surface area contributed by atoms with Crippen molar-refractivity contribution in [2.75, 3.05) is 11.9 Å². The van der Waals surface area contributed by atoms with E-state index in [-0.39, 0.29) is 12.1 Å². The van der Waals surface area contributed by atoms with E-state index in [2.05, 4.69) is 5.32 Å². The SMILES string of the molecule is O=C(O)CCCCCNc1ccc(F)c(C(F)(F)F)c1. The largest absolute Gasteiger partial charge is 0.481 e. The van der Waals surface area contributed by atoms with Crippen molar-refractivity contribution in [2.45, 2.75) is 31.9 Å². The molecule has 7 heteroatoms. The maximum atomic E-state index is 13.0. The number of alkyl halides is 3. The second kappa shape index (κ2) is 7.12. The molecule has 0 amide bonds. The smallest absolute Gasteiger partial charge is 0.419 e. The number of carboxylic acids is 1. The van der Waals surface area contributed by atoms with Crippen LogP contribution in [0.15, 0.2) is 18.2 Å². The van der Waals surface area contributed by atoms with Gasteiger partial charge < -0.3 is 10.4 Å². The van der Waals surface area contributed by atoms with E-state index in [9.17, 15) is 22.4 Å². The number of rotatable bonds is 7. The lowest BCUT2D eigenvalue weighted by atomic mass is 10.1. The summed E-state index contributed by atoms with van der Waals surface area (Å²) in [5.74, 6) is -2.17. The highest BCUT2D eigenvalue weighted by atomic mass is 19.4. The Labute approximate surface area is 113 Å². The van der Waals surface area contributed by atoms with Crippen molar-refractivity contribution in [2.24, 2.45) is 0 Å². The maximum absolute atomic E-state index is 13.0. The number of carboxylic acid groups (broad SMARTS) is 1. The van der Waals surface area contributed by atoms with Gasteiger partial charge in [-0.3, -0.25) is 4.79 Å². The van der Waals surface area contributed by atoms with E-state index in [0.29, 0.717) is 25.8 Å². The molecule has 0 unspecified atom stereocenters. The number of halogens is 4. The number of anilines is 1. The van der Waals surface area contributed by atoms with E-state index < -0.39 is 23.5 Å². The zero-order valence-corrected chi connectivity index (χ0v) is 10.6. The molecule has 0 aliphatic carbocycles. The maximum Gasteiger partial charge on any atom is 0.419 e. The van der Waals surface area contributed by atoms with Gasteiger partial charge in [-0.1, -0.05) is 6.42 Å². The second-order valence-electron chi connectivity index (χ2n) is 4.32. The molecule has 20 heavy (non-hydrogen) atoms. The fraction of sp³-hybridized carbons (Fsp3) is 0.462. The molecular formula is C13H15F4NO2. The van der Waals surface area contributed by atoms with Gasteiger partial charge in [0.05, 0.1) is 5.56 Å². The third kappa shape index (κ3) is 5.46. The first-order valence-corrected chi connectivity index (χ1v) is 6.13. The molecule has 0 aliphatic heterocycles. The first-order chi connectivity index (χ1) is 9.30. The third-order valence-corrected chi connectivity index (χ3v) is 2.67. The van der Waals surface area contributed by atoms with Crippen LogP contribution in [0.5, 0.6) is 0 Å². The first kappa shape index (κ1) is 16.3. The zero-order chi connectivity index (χ0) is 15.2. The molecule has 0 bridgehead atoms. The highest BCUT2D eigenvalue weighted by Gasteiger charge is 2.34. The summed E-state index contributed by atoms with van der Waals surface area (Å²) in [5.41, 5.74) is -1.11. The first-order valence-electron chi connectivity index (χ1n) is 6.13. The molecule has 0 saturated heterocycles. The van der Waals surface area contributed by atoms with E-state index in [1.165, 1.54) is 6.07 Å². The van der Waals surface area contributed by atoms with Gasteiger partial charge in [0, 0.05) is 18.7 Å². The van der Waals surface area contributed by atoms with Crippen molar-refractivity contribution < 1.29 is 27.5 Å². The van der Waals surface area contributed by atoms with E-state index in [1.54, 1.807) is 0 Å². The molecule has 1 rings (SSSR count). The number of carbonyl (C=O) groups is 1. The van der Waals surface area contributed by atoms with Crippen LogP contribution < -0.4 is 5.32 Å². The lowest BCUT2D eigenvalue weighted by Gasteiger charge is -2.11. The van der Waals surface area contributed by atoms with Crippen molar-refractivity contribution in [3.05, 3.63) is 29.6 Å². The molecule has 3 nitrogen and oxygen atoms in total. The van der Waals surface area contributed by atoms with Gasteiger partial charge in [-0.15, -0.1) is 0 Å². The van der Waals surface area contributed by atoms with Gasteiger partial charge >= 0.3 is 12.1 Å². The Balaban J connectivity index is 2.43. The van der Waals surface area contributed by atoms with Gasteiger partial charge in [0.1, 0.15) is 5.82 Å². The average molecular weight is 293 g/mol. The molecular weight excluding hydrogens is 278 g/mol. The number of hydrogen-bond acceptors (Lipinski definition) is 2. The summed E-state index contributed by atoms with van der Waals surface area (Å²) in [6.07, 6.45) is -2.83. The quantitative estimate of drug-likeness (QED) is 0.592. The van der Waals surface area contributed by atoms with Gasteiger partial charge in [0.15, 0.2) is 0 Å². The molecule has 2 N–H and O–H groups in total.